The molecule has 0 aliphatic carbocycles. The summed E-state index contributed by atoms with van der Waals surface area (Å²) < 4.78 is 15.6. The number of carboxylic acid groups (broad SMARTS) is 2. The maximum atomic E-state index is 12.2. The molecule has 2 fully saturated rings. The SMILES string of the molecule is CC(=O)N[C@H]1[C@H]([C@H](O)[C@H](O)CO)O[C@@](OC[C@@H](O)[C@@H](O)[C@@H]2O[C@@](O)(C(=O)O)C[C@H](O)[C@H]2NC(C)=O)(C(=O)O)C[C@@H]1O. The molecule has 0 radical (unpaired) electrons. The largest absolute Gasteiger partial charge is 0.477 e. The van der Waals surface area contributed by atoms with Crippen molar-refractivity contribution in [1.82, 2.24) is 10.6 Å². The number of aliphatic hydroxyl groups is 8. The molecule has 0 aromatic rings. The standard InChI is InChI=1S/C22H36N2O17/c1-7(26)23-13-9(28)3-21(38,19(34)35)40-17(13)16(33)12(31)6-39-22(20(36)37)4-10(29)14(24-8(2)27)18(41-22)15(32)11(30)5-25/h9-18,25,28-33,38H,3-6H2,1-2H3,(H,23,26)(H,24,27)(H,34,35)(H,36,37)/t9-,10-,11+,12+,13+,14+,15+,16+,17+,18+,21+,22+/m0/s1. The topological polar surface area (TPSA) is 322 Å². The molecular formula is C22H36N2O17. The lowest BCUT2D eigenvalue weighted by molar-refractivity contribution is -0.321. The molecule has 19 nitrogen and oxygen atoms in total. The Balaban J connectivity index is 2.32. The Bertz CT molecular complexity index is 968. The van der Waals surface area contributed by atoms with Crippen molar-refractivity contribution in [2.24, 2.45) is 0 Å². The van der Waals surface area contributed by atoms with Crippen molar-refractivity contribution in [3.8, 4) is 0 Å². The van der Waals surface area contributed by atoms with Gasteiger partial charge in [0.15, 0.2) is 0 Å². The normalized spacial score (nSPS) is 36.8. The molecule has 0 unspecified atom stereocenters. The smallest absolute Gasteiger partial charge is 0.364 e. The van der Waals surface area contributed by atoms with E-state index in [0.717, 1.165) is 13.8 Å². The van der Waals surface area contributed by atoms with E-state index in [-0.39, 0.29) is 0 Å². The fraction of sp³-hybridized carbons (Fsp3) is 0.818. The predicted molar refractivity (Wildman–Crippen MR) is 126 cm³/mol. The van der Waals surface area contributed by atoms with Gasteiger partial charge in [0.1, 0.15) is 36.6 Å². The fourth-order valence-corrected chi connectivity index (χ4v) is 4.62. The number of aliphatic hydroxyl groups excluding tert-OH is 7. The van der Waals surface area contributed by atoms with Crippen LogP contribution in [0, 0.1) is 0 Å². The van der Waals surface area contributed by atoms with Crippen LogP contribution in [0.3, 0.4) is 0 Å². The van der Waals surface area contributed by atoms with E-state index in [9.17, 15) is 70.2 Å². The molecule has 0 aromatic carbocycles. The lowest BCUT2D eigenvalue weighted by Crippen LogP contribution is -2.68. The van der Waals surface area contributed by atoms with Crippen molar-refractivity contribution in [1.29, 1.82) is 0 Å². The molecule has 2 rings (SSSR count). The molecule has 2 saturated heterocycles. The van der Waals surface area contributed by atoms with E-state index in [0.29, 0.717) is 0 Å². The molecule has 0 bridgehead atoms. The van der Waals surface area contributed by atoms with Gasteiger partial charge in [-0.1, -0.05) is 0 Å². The molecule has 12 N–H and O–H groups in total. The summed E-state index contributed by atoms with van der Waals surface area (Å²) in [5.74, 6) is -11.3. The van der Waals surface area contributed by atoms with E-state index in [1.165, 1.54) is 0 Å². The Labute approximate surface area is 231 Å². The van der Waals surface area contributed by atoms with E-state index < -0.39 is 122 Å². The Morgan fingerprint density at radius 1 is 0.829 bits per heavy atom. The number of carbonyl (C=O) groups excluding carboxylic acids is 2. The number of hydrogen-bond donors (Lipinski definition) is 12. The highest BCUT2D eigenvalue weighted by Crippen LogP contribution is 2.35. The average molecular weight is 601 g/mol. The minimum atomic E-state index is -3.05. The van der Waals surface area contributed by atoms with E-state index >= 15 is 0 Å². The maximum absolute atomic E-state index is 12.2. The molecule has 236 valence electrons. The van der Waals surface area contributed by atoms with Crippen LogP contribution in [0.15, 0.2) is 0 Å². The van der Waals surface area contributed by atoms with Crippen LogP contribution in [0.1, 0.15) is 26.7 Å². The van der Waals surface area contributed by atoms with Crippen molar-refractivity contribution in [2.75, 3.05) is 13.2 Å². The highest BCUT2D eigenvalue weighted by atomic mass is 16.7. The number of amides is 2. The van der Waals surface area contributed by atoms with Gasteiger partial charge in [0.05, 0.1) is 37.5 Å². The van der Waals surface area contributed by atoms with Crippen LogP contribution in [0.25, 0.3) is 0 Å². The summed E-state index contributed by atoms with van der Waals surface area (Å²) in [6.07, 6.45) is -17.8. The Hall–Kier alpha value is -2.56. The Kier molecular flexibility index (Phi) is 11.5. The van der Waals surface area contributed by atoms with Crippen molar-refractivity contribution < 1.29 is 84.5 Å². The third kappa shape index (κ3) is 7.84. The lowest BCUT2D eigenvalue weighted by atomic mass is 9.88. The predicted octanol–water partition coefficient (Wildman–Crippen LogP) is -6.70. The molecule has 2 heterocycles. The number of carbonyl (C=O) groups is 4. The molecule has 0 saturated carbocycles. The van der Waals surface area contributed by atoms with E-state index in [1.54, 1.807) is 0 Å². The van der Waals surface area contributed by atoms with Crippen LogP contribution in [0.5, 0.6) is 0 Å². The molecule has 2 aliphatic rings. The van der Waals surface area contributed by atoms with Gasteiger partial charge in [-0.3, -0.25) is 9.59 Å². The molecule has 2 amide bonds. The van der Waals surface area contributed by atoms with Gasteiger partial charge < -0.3 is 75.9 Å². The third-order valence-corrected chi connectivity index (χ3v) is 6.69. The summed E-state index contributed by atoms with van der Waals surface area (Å²) in [5, 5.41) is 106. The minimum Gasteiger partial charge on any atom is -0.477 e. The number of ether oxygens (including phenoxy) is 3. The third-order valence-electron chi connectivity index (χ3n) is 6.69. The fourth-order valence-electron chi connectivity index (χ4n) is 4.62. The average Bonchev–Trinajstić information content (AvgIpc) is 2.88. The summed E-state index contributed by atoms with van der Waals surface area (Å²) in [4.78, 5) is 46.9. The van der Waals surface area contributed by atoms with Gasteiger partial charge in [0.25, 0.3) is 11.6 Å². The van der Waals surface area contributed by atoms with E-state index in [2.05, 4.69) is 10.6 Å². The van der Waals surface area contributed by atoms with Gasteiger partial charge in [0, 0.05) is 26.7 Å². The molecule has 19 heteroatoms. The number of nitrogens with one attached hydrogen (secondary N) is 2. The number of carboxylic acids is 2. The zero-order chi connectivity index (χ0) is 31.4. The van der Waals surface area contributed by atoms with Gasteiger partial charge in [-0.25, -0.2) is 9.59 Å². The second-order valence-corrected chi connectivity index (χ2v) is 9.92. The van der Waals surface area contributed by atoms with E-state index in [1.807, 2.05) is 0 Å². The van der Waals surface area contributed by atoms with E-state index in [4.69, 9.17) is 14.2 Å². The monoisotopic (exact) mass is 600 g/mol. The number of rotatable bonds is 12. The maximum Gasteiger partial charge on any atom is 0.364 e. The zero-order valence-electron chi connectivity index (χ0n) is 21.9. The van der Waals surface area contributed by atoms with Crippen LogP contribution in [0.4, 0.5) is 0 Å². The minimum absolute atomic E-state index is 0.736. The Morgan fingerprint density at radius 3 is 1.73 bits per heavy atom. The molecule has 41 heavy (non-hydrogen) atoms. The first kappa shape index (κ1) is 34.6. The molecule has 0 spiro atoms. The van der Waals surface area contributed by atoms with Gasteiger partial charge >= 0.3 is 11.9 Å². The van der Waals surface area contributed by atoms with Crippen LogP contribution >= 0.6 is 0 Å². The second-order valence-electron chi connectivity index (χ2n) is 9.92. The zero-order valence-corrected chi connectivity index (χ0v) is 21.9. The quantitative estimate of drug-likeness (QED) is 0.0990. The molecule has 2 aliphatic heterocycles. The highest BCUT2D eigenvalue weighted by Gasteiger charge is 2.57. The second kappa shape index (κ2) is 13.6. The summed E-state index contributed by atoms with van der Waals surface area (Å²) in [7, 11) is 0. The first-order valence-corrected chi connectivity index (χ1v) is 12.3. The van der Waals surface area contributed by atoms with Crippen molar-refractivity contribution in [2.45, 2.75) is 99.2 Å². The summed E-state index contributed by atoms with van der Waals surface area (Å²) >= 11 is 0. The number of aliphatic carboxylic acids is 2. The van der Waals surface area contributed by atoms with Crippen molar-refractivity contribution in [3.05, 3.63) is 0 Å². The number of hydrogen-bond acceptors (Lipinski definition) is 15. The van der Waals surface area contributed by atoms with Crippen molar-refractivity contribution >= 4 is 23.8 Å². The van der Waals surface area contributed by atoms with Gasteiger partial charge in [0.2, 0.25) is 11.8 Å². The summed E-state index contributed by atoms with van der Waals surface area (Å²) in [6.45, 7) is -0.134. The van der Waals surface area contributed by atoms with Crippen LogP contribution in [-0.4, -0.2) is 161 Å². The molecule has 12 atom stereocenters. The van der Waals surface area contributed by atoms with Gasteiger partial charge in [-0.15, -0.1) is 0 Å². The van der Waals surface area contributed by atoms with Crippen LogP contribution in [0.2, 0.25) is 0 Å². The first-order chi connectivity index (χ1) is 18.9. The summed E-state index contributed by atoms with van der Waals surface area (Å²) in [5.41, 5.74) is 0. The van der Waals surface area contributed by atoms with Crippen LogP contribution < -0.4 is 10.6 Å². The highest BCUT2D eigenvalue weighted by molar-refractivity contribution is 5.77. The Morgan fingerprint density at radius 2 is 1.29 bits per heavy atom. The van der Waals surface area contributed by atoms with Gasteiger partial charge in [-0.2, -0.15) is 0 Å². The molecular weight excluding hydrogens is 564 g/mol. The first-order valence-electron chi connectivity index (χ1n) is 12.3. The molecule has 0 aromatic heterocycles. The van der Waals surface area contributed by atoms with Crippen molar-refractivity contribution in [3.63, 3.8) is 0 Å². The van der Waals surface area contributed by atoms with Gasteiger partial charge in [-0.05, 0) is 0 Å². The lowest BCUT2D eigenvalue weighted by Gasteiger charge is -2.47. The summed E-state index contributed by atoms with van der Waals surface area (Å²) in [6, 6.07) is -3.06. The van der Waals surface area contributed by atoms with Crippen LogP contribution in [-0.2, 0) is 33.4 Å².